The molecule has 2 aromatic carbocycles. The van der Waals surface area contributed by atoms with Crippen LogP contribution in [-0.4, -0.2) is 35.2 Å². The molecule has 0 radical (unpaired) electrons. The van der Waals surface area contributed by atoms with Crippen LogP contribution in [0.5, 0.6) is 23.0 Å². The third kappa shape index (κ3) is 5.85. The van der Waals surface area contributed by atoms with Crippen LogP contribution in [0.15, 0.2) is 77.5 Å². The van der Waals surface area contributed by atoms with Gasteiger partial charge < -0.3 is 14.6 Å². The molecule has 6 heteroatoms. The predicted molar refractivity (Wildman–Crippen MR) is 124 cm³/mol. The van der Waals surface area contributed by atoms with Crippen molar-refractivity contribution >= 4 is 6.21 Å². The minimum atomic E-state index is 0.0579. The molecule has 3 rings (SSSR count). The molecule has 0 spiro atoms. The van der Waals surface area contributed by atoms with Gasteiger partial charge in [0, 0.05) is 30.5 Å². The van der Waals surface area contributed by atoms with Gasteiger partial charge in [-0.05, 0) is 43.2 Å². The van der Waals surface area contributed by atoms with Crippen LogP contribution in [-0.2, 0) is 6.42 Å². The van der Waals surface area contributed by atoms with Gasteiger partial charge >= 0.3 is 0 Å². The zero-order valence-corrected chi connectivity index (χ0v) is 18.1. The van der Waals surface area contributed by atoms with E-state index in [9.17, 15) is 5.11 Å². The van der Waals surface area contributed by atoms with Gasteiger partial charge in [0.05, 0.1) is 6.20 Å². The monoisotopic (exact) mass is 417 g/mol. The van der Waals surface area contributed by atoms with Gasteiger partial charge in [-0.1, -0.05) is 37.3 Å². The average molecular weight is 418 g/mol. The van der Waals surface area contributed by atoms with Crippen LogP contribution in [0.25, 0.3) is 11.3 Å². The van der Waals surface area contributed by atoms with Gasteiger partial charge in [0.1, 0.15) is 29.5 Å². The lowest BCUT2D eigenvalue weighted by Crippen LogP contribution is -2.03. The van der Waals surface area contributed by atoms with E-state index >= 15 is 0 Å². The van der Waals surface area contributed by atoms with Gasteiger partial charge in [0.25, 0.3) is 0 Å². The highest BCUT2D eigenvalue weighted by atomic mass is 16.5. The number of aliphatic imine (C=N–C) groups is 1. The van der Waals surface area contributed by atoms with Crippen molar-refractivity contribution < 1.29 is 14.6 Å². The standard InChI is InChI=1S/C25H27N3O3/c1-5-18-6-8-20(9-7-18)31-24-15-27-28-25(24)22-11-10-21(13-23(22)29)30-16-19(14-26-4)12-17(2)3/h6-15,29H,2,5,16H2,1,3-4H3,(H,27,28)/b19-12+,26-14?. The Hall–Kier alpha value is -3.80. The van der Waals surface area contributed by atoms with Crippen molar-refractivity contribution in [2.24, 2.45) is 4.99 Å². The van der Waals surface area contributed by atoms with Crippen LogP contribution in [0, 0.1) is 0 Å². The minimum absolute atomic E-state index is 0.0579. The molecule has 0 unspecified atom stereocenters. The first kappa shape index (κ1) is 21.9. The van der Waals surface area contributed by atoms with Gasteiger partial charge in [-0.15, -0.1) is 0 Å². The molecule has 0 saturated heterocycles. The third-order valence-corrected chi connectivity index (χ3v) is 4.53. The fraction of sp³-hybridized carbons (Fsp3) is 0.200. The number of aromatic hydroxyl groups is 1. The van der Waals surface area contributed by atoms with E-state index in [2.05, 4.69) is 28.7 Å². The van der Waals surface area contributed by atoms with Crippen LogP contribution in [0.3, 0.4) is 0 Å². The summed E-state index contributed by atoms with van der Waals surface area (Å²) < 4.78 is 11.8. The largest absolute Gasteiger partial charge is 0.507 e. The normalized spacial score (nSPS) is 11.6. The molecule has 31 heavy (non-hydrogen) atoms. The van der Waals surface area contributed by atoms with E-state index in [0.29, 0.717) is 35.1 Å². The number of nitrogens with one attached hydrogen (secondary N) is 1. The number of ether oxygens (including phenoxy) is 2. The molecule has 2 N–H and O–H groups in total. The van der Waals surface area contributed by atoms with Crippen molar-refractivity contribution in [3.05, 3.63) is 78.0 Å². The van der Waals surface area contributed by atoms with Crippen molar-refractivity contribution in [2.75, 3.05) is 13.7 Å². The van der Waals surface area contributed by atoms with Crippen molar-refractivity contribution in [1.29, 1.82) is 0 Å². The zero-order chi connectivity index (χ0) is 22.2. The highest BCUT2D eigenvalue weighted by Gasteiger charge is 2.15. The number of rotatable bonds is 9. The summed E-state index contributed by atoms with van der Waals surface area (Å²) in [5, 5.41) is 17.6. The van der Waals surface area contributed by atoms with E-state index in [-0.39, 0.29) is 5.75 Å². The number of phenols is 1. The summed E-state index contributed by atoms with van der Waals surface area (Å²) in [4.78, 5) is 4.03. The quantitative estimate of drug-likeness (QED) is 0.345. The number of hydrogen-bond acceptors (Lipinski definition) is 5. The average Bonchev–Trinajstić information content (AvgIpc) is 3.20. The Morgan fingerprint density at radius 2 is 1.94 bits per heavy atom. The van der Waals surface area contributed by atoms with Crippen molar-refractivity contribution in [3.8, 4) is 34.3 Å². The Kier molecular flexibility index (Phi) is 7.27. The molecule has 0 amide bonds. The third-order valence-electron chi connectivity index (χ3n) is 4.53. The van der Waals surface area contributed by atoms with Crippen LogP contribution in [0.1, 0.15) is 19.4 Å². The molecule has 0 bridgehead atoms. The number of H-pyrrole nitrogens is 1. The highest BCUT2D eigenvalue weighted by Crippen LogP contribution is 2.38. The number of aromatic amines is 1. The van der Waals surface area contributed by atoms with Gasteiger partial charge in [-0.3, -0.25) is 10.1 Å². The molecule has 1 heterocycles. The fourth-order valence-corrected chi connectivity index (χ4v) is 3.04. The van der Waals surface area contributed by atoms with Gasteiger partial charge in [0.2, 0.25) is 0 Å². The molecular weight excluding hydrogens is 390 g/mol. The first-order valence-electron chi connectivity index (χ1n) is 10.0. The van der Waals surface area contributed by atoms with Crippen LogP contribution in [0.2, 0.25) is 0 Å². The number of allylic oxidation sites excluding steroid dienone is 2. The van der Waals surface area contributed by atoms with E-state index in [1.54, 1.807) is 37.7 Å². The molecule has 160 valence electrons. The fourth-order valence-electron chi connectivity index (χ4n) is 3.04. The second kappa shape index (κ2) is 10.3. The van der Waals surface area contributed by atoms with Gasteiger partial charge in [0.15, 0.2) is 5.75 Å². The summed E-state index contributed by atoms with van der Waals surface area (Å²) in [6.45, 7) is 8.21. The molecule has 0 atom stereocenters. The topological polar surface area (TPSA) is 79.7 Å². The summed E-state index contributed by atoms with van der Waals surface area (Å²) in [5.74, 6) is 1.82. The van der Waals surface area contributed by atoms with E-state index in [4.69, 9.17) is 9.47 Å². The van der Waals surface area contributed by atoms with E-state index in [1.807, 2.05) is 37.3 Å². The lowest BCUT2D eigenvalue weighted by atomic mass is 10.1. The maximum atomic E-state index is 10.6. The lowest BCUT2D eigenvalue weighted by Gasteiger charge is -2.11. The zero-order valence-electron chi connectivity index (χ0n) is 18.1. The SMILES string of the molecule is C=C(C)/C=C(\C=NC)COc1ccc(-c2[nH]ncc2Oc2ccc(CC)cc2)c(O)c1. The number of aromatic nitrogens is 2. The summed E-state index contributed by atoms with van der Waals surface area (Å²) in [7, 11) is 1.70. The second-order valence-corrected chi connectivity index (χ2v) is 7.13. The highest BCUT2D eigenvalue weighted by molar-refractivity contribution is 5.79. The van der Waals surface area contributed by atoms with E-state index in [0.717, 1.165) is 17.6 Å². The van der Waals surface area contributed by atoms with Crippen molar-refractivity contribution in [2.45, 2.75) is 20.3 Å². The van der Waals surface area contributed by atoms with Gasteiger partial charge in [-0.2, -0.15) is 5.10 Å². The number of benzene rings is 2. The molecule has 0 aliphatic carbocycles. The molecule has 1 aromatic heterocycles. The number of aryl methyl sites for hydroxylation is 1. The minimum Gasteiger partial charge on any atom is -0.507 e. The van der Waals surface area contributed by atoms with Gasteiger partial charge in [-0.25, -0.2) is 0 Å². The lowest BCUT2D eigenvalue weighted by molar-refractivity contribution is 0.355. The van der Waals surface area contributed by atoms with E-state index in [1.165, 1.54) is 5.56 Å². The van der Waals surface area contributed by atoms with Crippen molar-refractivity contribution in [1.82, 2.24) is 10.2 Å². The summed E-state index contributed by atoms with van der Waals surface area (Å²) in [6, 6.07) is 13.0. The smallest absolute Gasteiger partial charge is 0.173 e. The second-order valence-electron chi connectivity index (χ2n) is 7.13. The number of phenolic OH excluding ortho intramolecular Hbond substituents is 1. The Bertz CT molecular complexity index is 1100. The first-order valence-corrected chi connectivity index (χ1v) is 10.0. The number of nitrogens with zero attached hydrogens (tertiary/aromatic N) is 2. The summed E-state index contributed by atoms with van der Waals surface area (Å²) in [6.07, 6.45) is 6.19. The molecule has 0 saturated carbocycles. The maximum Gasteiger partial charge on any atom is 0.173 e. The summed E-state index contributed by atoms with van der Waals surface area (Å²) in [5.41, 5.74) is 4.19. The Morgan fingerprint density at radius 1 is 1.19 bits per heavy atom. The molecular formula is C25H27N3O3. The van der Waals surface area contributed by atoms with E-state index < -0.39 is 0 Å². The van der Waals surface area contributed by atoms with Crippen molar-refractivity contribution in [3.63, 3.8) is 0 Å². The first-order chi connectivity index (χ1) is 15.0. The van der Waals surface area contributed by atoms with Crippen LogP contribution >= 0.6 is 0 Å². The maximum absolute atomic E-state index is 10.6. The molecule has 6 nitrogen and oxygen atoms in total. The Balaban J connectivity index is 1.76. The number of hydrogen-bond donors (Lipinski definition) is 2. The van der Waals surface area contributed by atoms with Crippen LogP contribution in [0.4, 0.5) is 0 Å². The Labute approximate surface area is 182 Å². The summed E-state index contributed by atoms with van der Waals surface area (Å²) >= 11 is 0. The molecule has 3 aromatic rings. The van der Waals surface area contributed by atoms with Crippen LogP contribution < -0.4 is 9.47 Å². The molecule has 0 fully saturated rings. The predicted octanol–water partition coefficient (Wildman–Crippen LogP) is 5.72. The molecule has 0 aliphatic heterocycles. The Morgan fingerprint density at radius 3 is 2.58 bits per heavy atom. The molecule has 0 aliphatic rings.